The van der Waals surface area contributed by atoms with Crippen LogP contribution in [0.1, 0.15) is 6.92 Å². The second-order valence-electron chi connectivity index (χ2n) is 4.85. The van der Waals surface area contributed by atoms with Crippen LogP contribution in [0.3, 0.4) is 0 Å². The van der Waals surface area contributed by atoms with Crippen molar-refractivity contribution in [1.29, 1.82) is 0 Å². The highest BCUT2D eigenvalue weighted by atomic mass is 32.2. The summed E-state index contributed by atoms with van der Waals surface area (Å²) in [4.78, 5) is 24.5. The van der Waals surface area contributed by atoms with Crippen molar-refractivity contribution in [2.75, 3.05) is 11.9 Å². The van der Waals surface area contributed by atoms with E-state index in [9.17, 15) is 18.4 Å². The largest absolute Gasteiger partial charge is 0.455 e. The molecule has 0 aliphatic carbocycles. The average Bonchev–Trinajstić information content (AvgIpc) is 2.56. The van der Waals surface area contributed by atoms with Crippen molar-refractivity contribution in [3.05, 3.63) is 60.2 Å². The van der Waals surface area contributed by atoms with Crippen LogP contribution in [0.5, 0.6) is 0 Å². The number of hydrogen-bond donors (Lipinski definition) is 1. The Balaban J connectivity index is 1.81. The van der Waals surface area contributed by atoms with E-state index < -0.39 is 35.4 Å². The van der Waals surface area contributed by atoms with Gasteiger partial charge in [0.2, 0.25) is 0 Å². The smallest absolute Gasteiger partial charge is 0.319 e. The number of amides is 1. The lowest BCUT2D eigenvalue weighted by Gasteiger charge is -2.11. The van der Waals surface area contributed by atoms with Crippen molar-refractivity contribution in [3.8, 4) is 0 Å². The van der Waals surface area contributed by atoms with Crippen LogP contribution in [0.4, 0.5) is 14.5 Å². The van der Waals surface area contributed by atoms with Crippen LogP contribution in [-0.4, -0.2) is 23.7 Å². The van der Waals surface area contributed by atoms with E-state index >= 15 is 0 Å². The molecule has 1 N–H and O–H groups in total. The van der Waals surface area contributed by atoms with E-state index in [1.54, 1.807) is 6.92 Å². The third-order valence-electron chi connectivity index (χ3n) is 2.94. The molecule has 0 spiro atoms. The molecule has 24 heavy (non-hydrogen) atoms. The molecule has 0 radical (unpaired) electrons. The SMILES string of the molecule is C[C@H](Sc1ccccc1)C(=O)OCC(=O)Nc1ccc(F)cc1F. The Morgan fingerprint density at radius 3 is 2.54 bits per heavy atom. The van der Waals surface area contributed by atoms with Crippen LogP contribution >= 0.6 is 11.8 Å². The molecule has 0 fully saturated rings. The Kier molecular flexibility index (Phi) is 6.31. The highest BCUT2D eigenvalue weighted by Gasteiger charge is 2.17. The number of nitrogens with one attached hydrogen (secondary N) is 1. The van der Waals surface area contributed by atoms with Crippen molar-refractivity contribution < 1.29 is 23.1 Å². The number of thioether (sulfide) groups is 1. The lowest BCUT2D eigenvalue weighted by atomic mass is 10.3. The van der Waals surface area contributed by atoms with Gasteiger partial charge in [0.15, 0.2) is 6.61 Å². The Bertz CT molecular complexity index is 725. The van der Waals surface area contributed by atoms with Gasteiger partial charge in [-0.2, -0.15) is 0 Å². The van der Waals surface area contributed by atoms with E-state index in [0.717, 1.165) is 17.0 Å². The number of carbonyl (C=O) groups is 2. The molecule has 2 aromatic rings. The first-order chi connectivity index (χ1) is 11.5. The molecule has 0 aliphatic rings. The van der Waals surface area contributed by atoms with Crippen molar-refractivity contribution in [2.45, 2.75) is 17.1 Å². The minimum atomic E-state index is -0.900. The van der Waals surface area contributed by atoms with Crippen LogP contribution in [0, 0.1) is 11.6 Å². The first-order valence-corrected chi connectivity index (χ1v) is 7.97. The maximum atomic E-state index is 13.4. The molecule has 126 valence electrons. The fourth-order valence-corrected chi connectivity index (χ4v) is 2.67. The van der Waals surface area contributed by atoms with E-state index in [2.05, 4.69) is 5.32 Å². The Labute approximate surface area is 142 Å². The van der Waals surface area contributed by atoms with Gasteiger partial charge in [-0.05, 0) is 31.2 Å². The monoisotopic (exact) mass is 351 g/mol. The number of anilines is 1. The molecule has 1 amide bonds. The normalized spacial score (nSPS) is 11.6. The van der Waals surface area contributed by atoms with E-state index in [1.807, 2.05) is 30.3 Å². The number of esters is 1. The zero-order valence-electron chi connectivity index (χ0n) is 12.8. The molecular formula is C17H15F2NO3S. The Hall–Kier alpha value is -2.41. The number of halogens is 2. The van der Waals surface area contributed by atoms with Crippen LogP contribution < -0.4 is 5.32 Å². The van der Waals surface area contributed by atoms with E-state index in [4.69, 9.17) is 4.74 Å². The molecule has 4 nitrogen and oxygen atoms in total. The maximum absolute atomic E-state index is 13.4. The first-order valence-electron chi connectivity index (χ1n) is 7.09. The number of carbonyl (C=O) groups excluding carboxylic acids is 2. The molecule has 0 aromatic heterocycles. The number of rotatable bonds is 6. The molecule has 7 heteroatoms. The quantitative estimate of drug-likeness (QED) is 0.638. The van der Waals surface area contributed by atoms with Crippen molar-refractivity contribution >= 4 is 29.3 Å². The van der Waals surface area contributed by atoms with Gasteiger partial charge >= 0.3 is 5.97 Å². The van der Waals surface area contributed by atoms with Gasteiger partial charge < -0.3 is 10.1 Å². The number of benzene rings is 2. The molecule has 0 aliphatic heterocycles. The molecule has 0 saturated heterocycles. The van der Waals surface area contributed by atoms with Gasteiger partial charge in [0.05, 0.1) is 5.69 Å². The fourth-order valence-electron chi connectivity index (χ4n) is 1.78. The van der Waals surface area contributed by atoms with Gasteiger partial charge in [-0.3, -0.25) is 9.59 Å². The minimum Gasteiger partial charge on any atom is -0.455 e. The Morgan fingerprint density at radius 2 is 1.88 bits per heavy atom. The number of hydrogen-bond acceptors (Lipinski definition) is 4. The highest BCUT2D eigenvalue weighted by molar-refractivity contribution is 8.00. The topological polar surface area (TPSA) is 55.4 Å². The zero-order valence-corrected chi connectivity index (χ0v) is 13.6. The first kappa shape index (κ1) is 17.9. The van der Waals surface area contributed by atoms with Crippen LogP contribution in [0.2, 0.25) is 0 Å². The van der Waals surface area contributed by atoms with Crippen LogP contribution in [0.25, 0.3) is 0 Å². The van der Waals surface area contributed by atoms with E-state index in [0.29, 0.717) is 6.07 Å². The molecule has 1 atom stereocenters. The van der Waals surface area contributed by atoms with Gasteiger partial charge in [0, 0.05) is 11.0 Å². The Morgan fingerprint density at radius 1 is 1.17 bits per heavy atom. The third kappa shape index (κ3) is 5.34. The minimum absolute atomic E-state index is 0.177. The van der Waals surface area contributed by atoms with Crippen molar-refractivity contribution in [2.24, 2.45) is 0 Å². The summed E-state index contributed by atoms with van der Waals surface area (Å²) in [6.07, 6.45) is 0. The predicted molar refractivity (Wildman–Crippen MR) is 87.7 cm³/mol. The molecular weight excluding hydrogens is 336 g/mol. The average molecular weight is 351 g/mol. The highest BCUT2D eigenvalue weighted by Crippen LogP contribution is 2.23. The van der Waals surface area contributed by atoms with Gasteiger partial charge in [0.1, 0.15) is 16.9 Å². The maximum Gasteiger partial charge on any atom is 0.319 e. The van der Waals surface area contributed by atoms with E-state index in [-0.39, 0.29) is 5.69 Å². The summed E-state index contributed by atoms with van der Waals surface area (Å²) in [7, 11) is 0. The molecule has 0 saturated carbocycles. The second kappa shape index (κ2) is 8.44. The zero-order chi connectivity index (χ0) is 17.5. The lowest BCUT2D eigenvalue weighted by molar-refractivity contribution is -0.146. The fraction of sp³-hybridized carbons (Fsp3) is 0.176. The number of ether oxygens (including phenoxy) is 1. The van der Waals surface area contributed by atoms with Crippen LogP contribution in [0.15, 0.2) is 53.4 Å². The second-order valence-corrected chi connectivity index (χ2v) is 6.27. The predicted octanol–water partition coefficient (Wildman–Crippen LogP) is 3.63. The van der Waals surface area contributed by atoms with Crippen LogP contribution in [-0.2, 0) is 14.3 Å². The van der Waals surface area contributed by atoms with Gasteiger partial charge in [-0.25, -0.2) is 8.78 Å². The molecule has 2 rings (SSSR count). The van der Waals surface area contributed by atoms with E-state index in [1.165, 1.54) is 11.8 Å². The molecule has 0 bridgehead atoms. The summed E-state index contributed by atoms with van der Waals surface area (Å²) in [5.41, 5.74) is -0.177. The summed E-state index contributed by atoms with van der Waals surface area (Å²) < 4.78 is 31.1. The van der Waals surface area contributed by atoms with Gasteiger partial charge in [-0.15, -0.1) is 11.8 Å². The summed E-state index contributed by atoms with van der Waals surface area (Å²) in [5, 5.41) is 1.72. The van der Waals surface area contributed by atoms with Crippen molar-refractivity contribution in [3.63, 3.8) is 0 Å². The molecule has 0 heterocycles. The summed E-state index contributed by atoms with van der Waals surface area (Å²) in [5.74, 6) is -2.91. The van der Waals surface area contributed by atoms with Crippen molar-refractivity contribution in [1.82, 2.24) is 0 Å². The van der Waals surface area contributed by atoms with Gasteiger partial charge in [-0.1, -0.05) is 18.2 Å². The summed E-state index contributed by atoms with van der Waals surface area (Å²) in [6, 6.07) is 12.1. The third-order valence-corrected chi connectivity index (χ3v) is 4.03. The molecule has 0 unspecified atom stereocenters. The summed E-state index contributed by atoms with van der Waals surface area (Å²) >= 11 is 1.30. The summed E-state index contributed by atoms with van der Waals surface area (Å²) in [6.45, 7) is 1.12. The molecule has 2 aromatic carbocycles. The lowest BCUT2D eigenvalue weighted by Crippen LogP contribution is -2.25. The van der Waals surface area contributed by atoms with Gasteiger partial charge in [0.25, 0.3) is 5.91 Å². The standard InChI is InChI=1S/C17H15F2NO3S/c1-11(24-13-5-3-2-4-6-13)17(22)23-10-16(21)20-15-8-7-12(18)9-14(15)19/h2-9,11H,10H2,1H3,(H,20,21)/t11-/m0/s1.